The van der Waals surface area contributed by atoms with E-state index in [1.54, 1.807) is 0 Å². The van der Waals surface area contributed by atoms with Gasteiger partial charge in [-0.05, 0) is 75.5 Å². The summed E-state index contributed by atoms with van der Waals surface area (Å²) in [5.74, 6) is -2.07. The van der Waals surface area contributed by atoms with Crippen molar-refractivity contribution in [3.05, 3.63) is 70.1 Å². The van der Waals surface area contributed by atoms with E-state index in [1.807, 2.05) is 83.1 Å². The van der Waals surface area contributed by atoms with Crippen molar-refractivity contribution in [2.45, 2.75) is 52.1 Å². The summed E-state index contributed by atoms with van der Waals surface area (Å²) in [5.41, 5.74) is 11.2. The molecule has 214 valence electrons. The molecule has 0 amide bonds. The van der Waals surface area contributed by atoms with E-state index >= 15 is 0 Å². The van der Waals surface area contributed by atoms with Gasteiger partial charge >= 0.3 is 5.97 Å². The van der Waals surface area contributed by atoms with Gasteiger partial charge in [-0.1, -0.05) is 29.4 Å². The maximum atomic E-state index is 13.1. The van der Waals surface area contributed by atoms with E-state index in [2.05, 4.69) is 19.8 Å². The number of carbonyl (C=O) groups excluding carboxylic acids is 3. The highest BCUT2D eigenvalue weighted by Crippen LogP contribution is 2.41. The van der Waals surface area contributed by atoms with Crippen molar-refractivity contribution in [1.82, 2.24) is 0 Å². The third-order valence-corrected chi connectivity index (χ3v) is 6.76. The molecule has 40 heavy (non-hydrogen) atoms. The fourth-order valence-electron chi connectivity index (χ4n) is 4.78. The molecule has 10 heteroatoms. The summed E-state index contributed by atoms with van der Waals surface area (Å²) in [5, 5.41) is 3.59. The number of hydrogen-bond donors (Lipinski definition) is 0. The van der Waals surface area contributed by atoms with Gasteiger partial charge in [0.25, 0.3) is 0 Å². The third-order valence-electron chi connectivity index (χ3n) is 6.76. The van der Waals surface area contributed by atoms with E-state index in [4.69, 9.17) is 15.0 Å². The number of azide groups is 1. The topological polar surface area (TPSA) is 125 Å². The van der Waals surface area contributed by atoms with Gasteiger partial charge in [-0.3, -0.25) is 9.59 Å². The van der Waals surface area contributed by atoms with Crippen molar-refractivity contribution in [2.75, 3.05) is 55.7 Å². The summed E-state index contributed by atoms with van der Waals surface area (Å²) < 4.78 is 10.7. The number of hydrogen-bond acceptors (Lipinski definition) is 8. The average molecular weight is 550 g/mol. The molecule has 0 saturated heterocycles. The summed E-state index contributed by atoms with van der Waals surface area (Å²) in [6.45, 7) is 12.8. The second kappa shape index (κ2) is 14.0. The van der Waals surface area contributed by atoms with Gasteiger partial charge in [-0.2, -0.15) is 0 Å². The van der Waals surface area contributed by atoms with Crippen molar-refractivity contribution in [3.63, 3.8) is 0 Å². The van der Waals surface area contributed by atoms with Crippen LogP contribution in [0.25, 0.3) is 10.4 Å². The first kappa shape index (κ1) is 30.7. The smallest absolute Gasteiger partial charge is 0.332 e. The van der Waals surface area contributed by atoms with Gasteiger partial charge in [0.15, 0.2) is 11.6 Å². The number of Topliss-reactive ketones (excluding diaryl/α,β-unsaturated/α-hetero) is 2. The molecule has 0 aromatic heterocycles. The van der Waals surface area contributed by atoms with Gasteiger partial charge in [-0.25, -0.2) is 4.79 Å². The lowest BCUT2D eigenvalue weighted by atomic mass is 9.66. The average Bonchev–Trinajstić information content (AvgIpc) is 2.91. The van der Waals surface area contributed by atoms with Gasteiger partial charge in [0.1, 0.15) is 24.0 Å². The predicted octanol–water partition coefficient (Wildman–Crippen LogP) is 5.03. The Kier molecular flexibility index (Phi) is 10.7. The van der Waals surface area contributed by atoms with Gasteiger partial charge in [0.05, 0.1) is 6.61 Å². The van der Waals surface area contributed by atoms with Crippen LogP contribution in [0.5, 0.6) is 0 Å². The second-order valence-electron chi connectivity index (χ2n) is 10.6. The molecular formula is C30H39N5O5. The molecular weight excluding hydrogens is 510 g/mol. The van der Waals surface area contributed by atoms with Crippen LogP contribution in [-0.4, -0.2) is 69.1 Å². The SMILES string of the molecule is CCN(CCN=[N+]=[N-])c1ccc(C2C(=O)C(c3ccc(N(CC)CCOCC(=O)OC(C)(C)C)cc3)C2=O)cc1. The Labute approximate surface area is 235 Å². The molecule has 0 spiro atoms. The lowest BCUT2D eigenvalue weighted by Crippen LogP contribution is -2.44. The van der Waals surface area contributed by atoms with Crippen molar-refractivity contribution < 1.29 is 23.9 Å². The number of rotatable bonds is 14. The second-order valence-corrected chi connectivity index (χ2v) is 10.6. The van der Waals surface area contributed by atoms with Gasteiger partial charge in [-0.15, -0.1) is 0 Å². The molecule has 0 radical (unpaired) electrons. The van der Waals surface area contributed by atoms with E-state index < -0.39 is 23.4 Å². The van der Waals surface area contributed by atoms with Crippen LogP contribution < -0.4 is 9.80 Å². The van der Waals surface area contributed by atoms with Crippen molar-refractivity contribution in [2.24, 2.45) is 5.11 Å². The molecule has 0 N–H and O–H groups in total. The number of anilines is 2. The van der Waals surface area contributed by atoms with E-state index in [9.17, 15) is 14.4 Å². The Bertz CT molecular complexity index is 1200. The van der Waals surface area contributed by atoms with Crippen molar-refractivity contribution in [3.8, 4) is 0 Å². The van der Waals surface area contributed by atoms with Gasteiger partial charge in [0, 0.05) is 49.0 Å². The van der Waals surface area contributed by atoms with E-state index in [0.29, 0.717) is 37.4 Å². The summed E-state index contributed by atoms with van der Waals surface area (Å²) in [4.78, 5) is 44.9. The van der Waals surface area contributed by atoms with Crippen molar-refractivity contribution >= 4 is 28.9 Å². The number of carbonyl (C=O) groups is 3. The molecule has 1 aliphatic rings. The van der Waals surface area contributed by atoms with E-state index in [-0.39, 0.29) is 18.2 Å². The largest absolute Gasteiger partial charge is 0.458 e. The maximum Gasteiger partial charge on any atom is 0.332 e. The molecule has 3 rings (SSSR count). The summed E-state index contributed by atoms with van der Waals surface area (Å²) >= 11 is 0. The molecule has 0 atom stereocenters. The lowest BCUT2D eigenvalue weighted by molar-refractivity contribution is -0.160. The fourth-order valence-corrected chi connectivity index (χ4v) is 4.78. The summed E-state index contributed by atoms with van der Waals surface area (Å²) in [6.07, 6.45) is 0. The molecule has 1 aliphatic carbocycles. The Morgan fingerprint density at radius 1 is 0.875 bits per heavy atom. The first-order valence-electron chi connectivity index (χ1n) is 13.7. The van der Waals surface area contributed by atoms with Crippen LogP contribution in [0, 0.1) is 0 Å². The molecule has 1 saturated carbocycles. The number of ketones is 2. The summed E-state index contributed by atoms with van der Waals surface area (Å²) in [7, 11) is 0. The number of likely N-dealkylation sites (N-methyl/N-ethyl adjacent to an activating group) is 2. The molecule has 10 nitrogen and oxygen atoms in total. The van der Waals surface area contributed by atoms with E-state index in [0.717, 1.165) is 24.5 Å². The highest BCUT2D eigenvalue weighted by atomic mass is 16.6. The summed E-state index contributed by atoms with van der Waals surface area (Å²) in [6, 6.07) is 14.9. The monoisotopic (exact) mass is 549 g/mol. The molecule has 2 aromatic rings. The first-order valence-corrected chi connectivity index (χ1v) is 13.7. The number of ether oxygens (including phenoxy) is 2. The normalized spacial score (nSPS) is 16.6. The van der Waals surface area contributed by atoms with Crippen LogP contribution in [0.15, 0.2) is 53.6 Å². The Balaban J connectivity index is 1.56. The molecule has 0 aliphatic heterocycles. The minimum Gasteiger partial charge on any atom is -0.458 e. The highest BCUT2D eigenvalue weighted by molar-refractivity contribution is 6.31. The predicted molar refractivity (Wildman–Crippen MR) is 155 cm³/mol. The fraction of sp³-hybridized carbons (Fsp3) is 0.500. The molecule has 2 aromatic carbocycles. The van der Waals surface area contributed by atoms with Gasteiger partial charge < -0.3 is 19.3 Å². The van der Waals surface area contributed by atoms with E-state index in [1.165, 1.54) is 0 Å². The highest BCUT2D eigenvalue weighted by Gasteiger charge is 2.50. The van der Waals surface area contributed by atoms with Crippen LogP contribution in [-0.2, 0) is 23.9 Å². The third kappa shape index (κ3) is 7.83. The standard InChI is InChI=1S/C30H39N5O5/c1-6-34(17-16-32-33-31)23-12-8-21(9-13-23)26-28(37)27(29(26)38)22-10-14-24(15-11-22)35(7-2)18-19-39-20-25(36)40-30(3,4)5/h8-15,26-27H,6-7,16-20H2,1-5H3. The van der Waals surface area contributed by atoms with Crippen LogP contribution in [0.3, 0.4) is 0 Å². The zero-order chi connectivity index (χ0) is 29.3. The Hall–Kier alpha value is -3.88. The number of nitrogens with zero attached hydrogens (tertiary/aromatic N) is 5. The quantitative estimate of drug-likeness (QED) is 0.0808. The van der Waals surface area contributed by atoms with Crippen LogP contribution in [0.4, 0.5) is 11.4 Å². The number of esters is 1. The lowest BCUT2D eigenvalue weighted by Gasteiger charge is -2.33. The van der Waals surface area contributed by atoms with Crippen LogP contribution in [0.1, 0.15) is 57.6 Å². The number of benzene rings is 2. The Morgan fingerprint density at radius 2 is 1.35 bits per heavy atom. The van der Waals surface area contributed by atoms with Crippen LogP contribution >= 0.6 is 0 Å². The molecule has 0 bridgehead atoms. The molecule has 1 fully saturated rings. The molecule has 0 heterocycles. The Morgan fingerprint density at radius 3 is 1.77 bits per heavy atom. The minimum atomic E-state index is -0.748. The first-order chi connectivity index (χ1) is 19.1. The minimum absolute atomic E-state index is 0.0934. The maximum absolute atomic E-state index is 13.1. The van der Waals surface area contributed by atoms with Crippen LogP contribution in [0.2, 0.25) is 0 Å². The zero-order valence-corrected chi connectivity index (χ0v) is 24.0. The zero-order valence-electron chi connectivity index (χ0n) is 24.0. The van der Waals surface area contributed by atoms with Gasteiger partial charge in [0.2, 0.25) is 0 Å². The molecule has 0 unspecified atom stereocenters. The van der Waals surface area contributed by atoms with Crippen molar-refractivity contribution in [1.29, 1.82) is 0 Å².